The van der Waals surface area contributed by atoms with Gasteiger partial charge in [0.1, 0.15) is 46.2 Å². The van der Waals surface area contributed by atoms with Gasteiger partial charge < -0.3 is 49.6 Å². The van der Waals surface area contributed by atoms with Gasteiger partial charge in [-0.25, -0.2) is 54.9 Å². The smallest absolute Gasteiger partial charge is 0.433 e. The standard InChI is InChI=1S/C14H12F3N3O.C13H11F3N4O.C12H13N3.C11H13ClN2.C11H12F3N3.C11H11N3.C10H11ClN2/c1-21-11-5-3-2-4-10(11)13(18)20-9-6-7-12(19-8-9)14(15,16)17;1-21-12-9(3-2-6-18-12)11(17)20-8-4-5-10(19-7-8)13(14,15)16;13-8-10-3-5-11(6-4-10)15-12(14)7-9-1-2-9;12-9-3-5-10(6-4-9)14-11(13)7-8-1-2-8;12-11(13,14)9-4-3-8(6-16-9)17-10(15)5-7-1-2-7;12-7-8-1-5-10(6-2-8)14-11(13)9-3-4-9;11-8-3-5-9(6-4-8)13-10(12)7-1-2-7/h2-8H,1H3,(H2,18,20);2-7H,1H3,(H2,17,20);3-6,9H,1-2,7H2,(H2,14,15);3-6,8H,1-2,7H2,(H2,13,14);3-4,6-7H,1-2,5H2,(H2,15,17);1-2,5-6,9H,3-4H2,(H2,13,14);3-7H,1-2H2,(H2,12,13). The highest BCUT2D eigenvalue weighted by Crippen LogP contribution is 2.37. The van der Waals surface area contributed by atoms with E-state index < -0.39 is 35.6 Å². The highest BCUT2D eigenvalue weighted by molar-refractivity contribution is 6.31. The maximum Gasteiger partial charge on any atom is 0.433 e. The van der Waals surface area contributed by atoms with Gasteiger partial charge in [0.05, 0.1) is 125 Å². The van der Waals surface area contributed by atoms with E-state index in [9.17, 15) is 39.5 Å². The van der Waals surface area contributed by atoms with Crippen molar-refractivity contribution in [3.05, 3.63) is 244 Å². The van der Waals surface area contributed by atoms with Gasteiger partial charge in [-0.2, -0.15) is 50.0 Å². The molecule has 5 aromatic carbocycles. The average Bonchev–Trinajstić information content (AvgIpc) is 1.64. The summed E-state index contributed by atoms with van der Waals surface area (Å²) in [5.74, 6) is 7.51. The Morgan fingerprint density at radius 2 is 0.696 bits per heavy atom. The number of hydrogen-bond donors (Lipinski definition) is 7. The molecule has 0 spiro atoms. The third kappa shape index (κ3) is 32.3. The Morgan fingerprint density at radius 1 is 0.383 bits per heavy atom. The number of nitrogens with two attached hydrogens (primary N) is 7. The molecule has 22 nitrogen and oxygen atoms in total. The Morgan fingerprint density at radius 3 is 1.01 bits per heavy atom. The van der Waals surface area contributed by atoms with E-state index in [1.807, 2.05) is 72.8 Å². The molecule has 0 bridgehead atoms. The number of aromatic nitrogens is 4. The van der Waals surface area contributed by atoms with Crippen LogP contribution < -0.4 is 49.6 Å². The summed E-state index contributed by atoms with van der Waals surface area (Å²) in [7, 11) is 2.92. The summed E-state index contributed by atoms with van der Waals surface area (Å²) < 4.78 is 121. The Kier molecular flexibility index (Phi) is 32.5. The minimum Gasteiger partial charge on any atom is -0.496 e. The van der Waals surface area contributed by atoms with E-state index >= 15 is 0 Å². The largest absolute Gasteiger partial charge is 0.496 e. The van der Waals surface area contributed by atoms with Gasteiger partial charge in [-0.1, -0.05) is 35.3 Å². The number of amidine groups is 7. The van der Waals surface area contributed by atoms with Crippen molar-refractivity contribution in [1.82, 2.24) is 19.9 Å². The van der Waals surface area contributed by atoms with Crippen LogP contribution in [0.25, 0.3) is 0 Å². The molecular weight excluding hydrogens is 1540 g/mol. The number of hydrogen-bond acceptors (Lipinski definition) is 15. The van der Waals surface area contributed by atoms with Crippen molar-refractivity contribution < 1.29 is 49.0 Å². The van der Waals surface area contributed by atoms with Crippen LogP contribution in [0.3, 0.4) is 0 Å². The molecule has 0 atom stereocenters. The minimum atomic E-state index is -4.49. The van der Waals surface area contributed by atoms with Gasteiger partial charge in [0.25, 0.3) is 0 Å². The number of ether oxygens (including phenoxy) is 2. The summed E-state index contributed by atoms with van der Waals surface area (Å²) in [6, 6.07) is 49.7. The molecule has 0 saturated heterocycles. The Hall–Kier alpha value is -12.5. The van der Waals surface area contributed by atoms with Crippen molar-refractivity contribution in [2.45, 2.75) is 102 Å². The molecule has 33 heteroatoms. The van der Waals surface area contributed by atoms with Crippen molar-refractivity contribution in [2.75, 3.05) is 14.2 Å². The Balaban J connectivity index is 0.000000169. The van der Waals surface area contributed by atoms with E-state index in [4.69, 9.17) is 83.3 Å². The van der Waals surface area contributed by atoms with Crippen LogP contribution in [0.15, 0.2) is 230 Å². The predicted molar refractivity (Wildman–Crippen MR) is 431 cm³/mol. The second-order valence-electron chi connectivity index (χ2n) is 26.6. The van der Waals surface area contributed by atoms with Gasteiger partial charge in [0.2, 0.25) is 5.88 Å². The van der Waals surface area contributed by atoms with Gasteiger partial charge >= 0.3 is 18.5 Å². The van der Waals surface area contributed by atoms with Crippen molar-refractivity contribution >= 4 is 104 Å². The number of para-hydroxylation sites is 1. The summed E-state index contributed by atoms with van der Waals surface area (Å²) in [5, 5.41) is 18.7. The molecule has 9 aromatic rings. The second kappa shape index (κ2) is 42.4. The van der Waals surface area contributed by atoms with Crippen molar-refractivity contribution in [2.24, 2.45) is 105 Å². The molecule has 0 aliphatic heterocycles. The third-order valence-electron chi connectivity index (χ3n) is 16.8. The lowest BCUT2D eigenvalue weighted by Crippen LogP contribution is -2.14. The number of aliphatic imine (C=N–C) groups is 7. The van der Waals surface area contributed by atoms with Crippen LogP contribution in [-0.4, -0.2) is 75.0 Å². The Labute approximate surface area is 668 Å². The molecular formula is C82H83Cl2F9N20O2. The topological polar surface area (TPSA) is 386 Å². The lowest BCUT2D eigenvalue weighted by atomic mass is 10.2. The molecule has 5 aliphatic rings. The lowest BCUT2D eigenvalue weighted by molar-refractivity contribution is -0.141. The molecule has 0 unspecified atom stereocenters. The van der Waals surface area contributed by atoms with Crippen molar-refractivity contribution in [1.29, 1.82) is 10.5 Å². The van der Waals surface area contributed by atoms with Crippen LogP contribution in [0.4, 0.5) is 79.3 Å². The zero-order valence-electron chi connectivity index (χ0n) is 62.4. The molecule has 600 valence electrons. The van der Waals surface area contributed by atoms with Gasteiger partial charge in [0, 0.05) is 47.3 Å². The first-order valence-electron chi connectivity index (χ1n) is 35.9. The minimum absolute atomic E-state index is 0.0708. The first-order chi connectivity index (χ1) is 54.8. The normalized spacial score (nSPS) is 15.2. The van der Waals surface area contributed by atoms with Crippen LogP contribution in [0, 0.1) is 52.3 Å². The SMILES string of the molecule is COc1ccccc1C(N)=Nc1ccc(C(F)(F)F)nc1.COc1ncccc1C(N)=Nc1ccc(C(F)(F)F)nc1.N#Cc1ccc(N=C(N)C2CC2)cc1.N#Cc1ccc(N=C(N)CC2CC2)cc1.NC(=Nc1ccc(Cl)cc1)C1CC1.NC(CC1CC1)=Nc1ccc(C(F)(F)F)nc1.NC(CC1CC1)=Nc1ccc(Cl)cc1. The van der Waals surface area contributed by atoms with Gasteiger partial charge in [0.15, 0.2) is 0 Å². The molecule has 14 N–H and O–H groups in total. The molecule has 0 radical (unpaired) electrons. The molecule has 4 heterocycles. The van der Waals surface area contributed by atoms with E-state index in [0.29, 0.717) is 69.5 Å². The first kappa shape index (κ1) is 88.1. The quantitative estimate of drug-likeness (QED) is 0.0225. The van der Waals surface area contributed by atoms with Gasteiger partial charge in [-0.3, -0.25) is 0 Å². The highest BCUT2D eigenvalue weighted by atomic mass is 35.5. The van der Waals surface area contributed by atoms with Crippen LogP contribution in [0.5, 0.6) is 11.6 Å². The van der Waals surface area contributed by atoms with Crippen LogP contribution in [0.1, 0.15) is 123 Å². The van der Waals surface area contributed by atoms with E-state index in [0.717, 1.165) is 137 Å². The first-order valence-corrected chi connectivity index (χ1v) is 36.7. The lowest BCUT2D eigenvalue weighted by Gasteiger charge is -2.08. The number of nitriles is 2. The van der Waals surface area contributed by atoms with Gasteiger partial charge in [-0.05, 0) is 240 Å². The van der Waals surface area contributed by atoms with E-state index in [-0.39, 0.29) is 28.9 Å². The maximum atomic E-state index is 12.4. The molecule has 4 aromatic heterocycles. The highest BCUT2D eigenvalue weighted by Gasteiger charge is 2.34. The van der Waals surface area contributed by atoms with Gasteiger partial charge in [-0.15, -0.1) is 0 Å². The number of alkyl halides is 9. The number of nitrogens with zero attached hydrogens (tertiary/aromatic N) is 13. The fourth-order valence-electron chi connectivity index (χ4n) is 9.84. The molecule has 0 amide bonds. The molecule has 5 fully saturated rings. The van der Waals surface area contributed by atoms with E-state index in [2.05, 4.69) is 67.0 Å². The van der Waals surface area contributed by atoms with Crippen LogP contribution >= 0.6 is 23.2 Å². The molecule has 5 saturated carbocycles. The zero-order chi connectivity index (χ0) is 83.2. The predicted octanol–water partition coefficient (Wildman–Crippen LogP) is 18.7. The van der Waals surface area contributed by atoms with Crippen LogP contribution in [-0.2, 0) is 18.5 Å². The number of halogens is 11. The summed E-state index contributed by atoms with van der Waals surface area (Å²) in [5.41, 5.74) is 44.1. The third-order valence-corrected chi connectivity index (χ3v) is 17.3. The molecule has 115 heavy (non-hydrogen) atoms. The fraction of sp³-hybridized carbons (Fsp3) is 0.280. The maximum absolute atomic E-state index is 12.4. The summed E-state index contributed by atoms with van der Waals surface area (Å²) >= 11 is 11.5. The van der Waals surface area contributed by atoms with E-state index in [1.165, 1.54) is 77.1 Å². The number of methoxy groups -OCH3 is 2. The fourth-order valence-corrected chi connectivity index (χ4v) is 10.1. The summed E-state index contributed by atoms with van der Waals surface area (Å²) in [6.07, 6.45) is 5.96. The van der Waals surface area contributed by atoms with Crippen molar-refractivity contribution in [3.8, 4) is 23.8 Å². The summed E-state index contributed by atoms with van der Waals surface area (Å²) in [4.78, 5) is 43.2. The summed E-state index contributed by atoms with van der Waals surface area (Å²) in [6.45, 7) is 0. The number of pyridine rings is 4. The number of benzene rings is 5. The Bertz CT molecular complexity index is 4820. The molecule has 5 aliphatic carbocycles. The number of rotatable bonds is 19. The average molecular weight is 1620 g/mol. The van der Waals surface area contributed by atoms with E-state index in [1.54, 1.807) is 60.7 Å². The second-order valence-corrected chi connectivity index (χ2v) is 27.5. The molecule has 14 rings (SSSR count). The zero-order valence-corrected chi connectivity index (χ0v) is 63.9. The van der Waals surface area contributed by atoms with Crippen molar-refractivity contribution in [3.63, 3.8) is 0 Å². The monoisotopic (exact) mass is 1620 g/mol. The van der Waals surface area contributed by atoms with Crippen LogP contribution in [0.2, 0.25) is 10.0 Å².